The molecule has 0 fully saturated rings. The standard InChI is InChI=1S/C14H21Cl2N/c1-5-17-13(9-14(2,3)4)11-7-6-10(15)8-12(11)16/h6-8,13,17H,5,9H2,1-4H3. The first-order valence-corrected chi connectivity index (χ1v) is 6.77. The van der Waals surface area contributed by atoms with E-state index in [-0.39, 0.29) is 11.5 Å². The molecule has 0 heterocycles. The molecular formula is C14H21Cl2N. The lowest BCUT2D eigenvalue weighted by atomic mass is 9.85. The van der Waals surface area contributed by atoms with Crippen LogP contribution in [-0.2, 0) is 0 Å². The van der Waals surface area contributed by atoms with Gasteiger partial charge in [-0.25, -0.2) is 0 Å². The summed E-state index contributed by atoms with van der Waals surface area (Å²) in [5, 5.41) is 4.92. The van der Waals surface area contributed by atoms with E-state index in [2.05, 4.69) is 33.0 Å². The average molecular weight is 274 g/mol. The van der Waals surface area contributed by atoms with E-state index >= 15 is 0 Å². The summed E-state index contributed by atoms with van der Waals surface area (Å²) in [5.74, 6) is 0. The first kappa shape index (κ1) is 14.8. The van der Waals surface area contributed by atoms with E-state index in [4.69, 9.17) is 23.2 Å². The Kier molecular flexibility index (Phi) is 5.30. The summed E-state index contributed by atoms with van der Waals surface area (Å²) in [6.45, 7) is 9.75. The molecule has 1 aromatic rings. The molecule has 1 unspecified atom stereocenters. The van der Waals surface area contributed by atoms with Crippen molar-refractivity contribution in [3.63, 3.8) is 0 Å². The maximum absolute atomic E-state index is 6.26. The minimum atomic E-state index is 0.260. The molecule has 0 spiro atoms. The summed E-state index contributed by atoms with van der Waals surface area (Å²) in [7, 11) is 0. The molecule has 1 atom stereocenters. The third-order valence-electron chi connectivity index (χ3n) is 2.60. The lowest BCUT2D eigenvalue weighted by molar-refractivity contribution is 0.314. The van der Waals surface area contributed by atoms with Gasteiger partial charge in [0.1, 0.15) is 0 Å². The van der Waals surface area contributed by atoms with Crippen molar-refractivity contribution >= 4 is 23.2 Å². The Labute approximate surface area is 115 Å². The molecule has 0 aliphatic carbocycles. The van der Waals surface area contributed by atoms with Crippen LogP contribution in [0.15, 0.2) is 18.2 Å². The molecule has 1 rings (SSSR count). The zero-order chi connectivity index (χ0) is 13.1. The van der Waals surface area contributed by atoms with E-state index in [0.717, 1.165) is 23.6 Å². The highest BCUT2D eigenvalue weighted by molar-refractivity contribution is 6.35. The number of benzene rings is 1. The Morgan fingerprint density at radius 1 is 1.24 bits per heavy atom. The molecule has 0 bridgehead atoms. The average Bonchev–Trinajstić information content (AvgIpc) is 2.14. The van der Waals surface area contributed by atoms with Crippen molar-refractivity contribution in [3.05, 3.63) is 33.8 Å². The van der Waals surface area contributed by atoms with Gasteiger partial charge in [0, 0.05) is 16.1 Å². The fourth-order valence-corrected chi connectivity index (χ4v) is 2.48. The normalized spacial score (nSPS) is 13.8. The molecule has 3 heteroatoms. The number of hydrogen-bond acceptors (Lipinski definition) is 1. The molecular weight excluding hydrogens is 253 g/mol. The van der Waals surface area contributed by atoms with Crippen molar-refractivity contribution in [3.8, 4) is 0 Å². The van der Waals surface area contributed by atoms with Gasteiger partial charge in [0.25, 0.3) is 0 Å². The van der Waals surface area contributed by atoms with Crippen molar-refractivity contribution in [2.24, 2.45) is 5.41 Å². The molecule has 17 heavy (non-hydrogen) atoms. The van der Waals surface area contributed by atoms with Gasteiger partial charge in [-0.15, -0.1) is 0 Å². The SMILES string of the molecule is CCNC(CC(C)(C)C)c1ccc(Cl)cc1Cl. The third-order valence-corrected chi connectivity index (χ3v) is 3.17. The quantitative estimate of drug-likeness (QED) is 0.807. The first-order chi connectivity index (χ1) is 7.83. The molecule has 1 nitrogen and oxygen atoms in total. The Morgan fingerprint density at radius 3 is 2.35 bits per heavy atom. The van der Waals surface area contributed by atoms with Gasteiger partial charge >= 0.3 is 0 Å². The molecule has 0 saturated carbocycles. The maximum atomic E-state index is 6.26. The van der Waals surface area contributed by atoms with E-state index in [1.807, 2.05) is 18.2 Å². The molecule has 0 aromatic heterocycles. The van der Waals surface area contributed by atoms with Crippen LogP contribution >= 0.6 is 23.2 Å². The minimum Gasteiger partial charge on any atom is -0.310 e. The van der Waals surface area contributed by atoms with Crippen LogP contribution in [0, 0.1) is 5.41 Å². The summed E-state index contributed by atoms with van der Waals surface area (Å²) in [4.78, 5) is 0. The Hall–Kier alpha value is -0.240. The van der Waals surface area contributed by atoms with Crippen LogP contribution in [0.3, 0.4) is 0 Å². The number of halogens is 2. The predicted molar refractivity (Wildman–Crippen MR) is 77.0 cm³/mol. The monoisotopic (exact) mass is 273 g/mol. The Morgan fingerprint density at radius 2 is 1.88 bits per heavy atom. The van der Waals surface area contributed by atoms with E-state index in [1.54, 1.807) is 0 Å². The second kappa shape index (κ2) is 6.08. The highest BCUT2D eigenvalue weighted by Gasteiger charge is 2.21. The van der Waals surface area contributed by atoms with Gasteiger partial charge in [0.05, 0.1) is 0 Å². The Bertz CT molecular complexity index is 369. The van der Waals surface area contributed by atoms with Crippen molar-refractivity contribution in [2.45, 2.75) is 40.2 Å². The lowest BCUT2D eigenvalue weighted by Gasteiger charge is -2.27. The maximum Gasteiger partial charge on any atom is 0.0468 e. The van der Waals surface area contributed by atoms with Crippen molar-refractivity contribution in [2.75, 3.05) is 6.54 Å². The van der Waals surface area contributed by atoms with Gasteiger partial charge in [-0.1, -0.05) is 57.0 Å². The van der Waals surface area contributed by atoms with Crippen LogP contribution in [0.4, 0.5) is 0 Å². The highest BCUT2D eigenvalue weighted by atomic mass is 35.5. The van der Waals surface area contributed by atoms with Gasteiger partial charge in [0.15, 0.2) is 0 Å². The number of hydrogen-bond donors (Lipinski definition) is 1. The van der Waals surface area contributed by atoms with Crippen LogP contribution in [0.25, 0.3) is 0 Å². The predicted octanol–water partition coefficient (Wildman–Crippen LogP) is 5.08. The van der Waals surface area contributed by atoms with Gasteiger partial charge in [-0.05, 0) is 36.1 Å². The van der Waals surface area contributed by atoms with Crippen molar-refractivity contribution in [1.82, 2.24) is 5.32 Å². The zero-order valence-electron chi connectivity index (χ0n) is 11.0. The molecule has 0 radical (unpaired) electrons. The second-order valence-corrected chi connectivity index (χ2v) is 6.38. The molecule has 96 valence electrons. The van der Waals surface area contributed by atoms with E-state index in [9.17, 15) is 0 Å². The topological polar surface area (TPSA) is 12.0 Å². The third kappa shape index (κ3) is 4.87. The number of nitrogens with one attached hydrogen (secondary N) is 1. The summed E-state index contributed by atoms with van der Waals surface area (Å²) < 4.78 is 0. The molecule has 1 N–H and O–H groups in total. The van der Waals surface area contributed by atoms with Crippen molar-refractivity contribution < 1.29 is 0 Å². The fraction of sp³-hybridized carbons (Fsp3) is 0.571. The molecule has 0 aliphatic heterocycles. The first-order valence-electron chi connectivity index (χ1n) is 6.02. The molecule has 1 aromatic carbocycles. The van der Waals surface area contributed by atoms with Crippen LogP contribution < -0.4 is 5.32 Å². The largest absolute Gasteiger partial charge is 0.310 e. The smallest absolute Gasteiger partial charge is 0.0468 e. The van der Waals surface area contributed by atoms with Gasteiger partial charge < -0.3 is 5.32 Å². The van der Waals surface area contributed by atoms with Gasteiger partial charge in [0.2, 0.25) is 0 Å². The Balaban J connectivity index is 2.97. The van der Waals surface area contributed by atoms with Crippen LogP contribution in [0.1, 0.15) is 45.7 Å². The van der Waals surface area contributed by atoms with E-state index in [1.165, 1.54) is 0 Å². The zero-order valence-corrected chi connectivity index (χ0v) is 12.5. The van der Waals surface area contributed by atoms with Gasteiger partial charge in [-0.2, -0.15) is 0 Å². The minimum absolute atomic E-state index is 0.260. The molecule has 0 saturated heterocycles. The molecule has 0 aliphatic rings. The number of rotatable bonds is 4. The summed E-state index contributed by atoms with van der Waals surface area (Å²) in [5.41, 5.74) is 1.39. The van der Waals surface area contributed by atoms with E-state index in [0.29, 0.717) is 5.02 Å². The van der Waals surface area contributed by atoms with Crippen LogP contribution in [-0.4, -0.2) is 6.54 Å². The summed E-state index contributed by atoms with van der Waals surface area (Å²) in [6.07, 6.45) is 1.04. The van der Waals surface area contributed by atoms with Crippen LogP contribution in [0.2, 0.25) is 10.0 Å². The van der Waals surface area contributed by atoms with Crippen LogP contribution in [0.5, 0.6) is 0 Å². The summed E-state index contributed by atoms with van der Waals surface area (Å²) in [6, 6.07) is 6.01. The lowest BCUT2D eigenvalue weighted by Crippen LogP contribution is -2.25. The fourth-order valence-electron chi connectivity index (χ4n) is 1.93. The molecule has 0 amide bonds. The van der Waals surface area contributed by atoms with Crippen molar-refractivity contribution in [1.29, 1.82) is 0 Å². The van der Waals surface area contributed by atoms with E-state index < -0.39 is 0 Å². The van der Waals surface area contributed by atoms with Gasteiger partial charge in [-0.3, -0.25) is 0 Å². The summed E-state index contributed by atoms with van der Waals surface area (Å²) >= 11 is 12.2. The second-order valence-electron chi connectivity index (χ2n) is 5.54. The highest BCUT2D eigenvalue weighted by Crippen LogP contribution is 2.33.